The highest BCUT2D eigenvalue weighted by atomic mass is 28.4. The Kier molecular flexibility index (Phi) is 8.07. The lowest BCUT2D eigenvalue weighted by Crippen LogP contribution is -2.46. The maximum Gasteiger partial charge on any atom is 0.257 e. The van der Waals surface area contributed by atoms with Crippen LogP contribution in [0.4, 0.5) is 0 Å². The molecule has 0 spiro atoms. The second-order valence-corrected chi connectivity index (χ2v) is 12.7. The Morgan fingerprint density at radius 3 is 1.96 bits per heavy atom. The van der Waals surface area contributed by atoms with Crippen LogP contribution >= 0.6 is 0 Å². The quantitative estimate of drug-likeness (QED) is 0.430. The minimum absolute atomic E-state index is 0.400. The molecule has 0 heterocycles. The van der Waals surface area contributed by atoms with E-state index in [2.05, 4.69) is 47.6 Å². The van der Waals surface area contributed by atoms with Gasteiger partial charge in [0.2, 0.25) is 0 Å². The molecule has 1 aromatic carbocycles. The predicted octanol–water partition coefficient (Wildman–Crippen LogP) is 6.21. The average Bonchev–Trinajstić information content (AvgIpc) is 2.50. The number of hydrogen-bond acceptors (Lipinski definition) is 2. The van der Waals surface area contributed by atoms with Gasteiger partial charge in [-0.3, -0.25) is 0 Å². The largest absolute Gasteiger partial charge is 0.548 e. The molecule has 23 heavy (non-hydrogen) atoms. The summed E-state index contributed by atoms with van der Waals surface area (Å²) in [6.07, 6.45) is 5.13. The van der Waals surface area contributed by atoms with Crippen LogP contribution in [0.1, 0.15) is 66.1 Å². The Hall–Kier alpha value is -1.06. The number of aliphatic hydroxyl groups is 1. The van der Waals surface area contributed by atoms with Crippen molar-refractivity contribution in [3.8, 4) is 0 Å². The molecule has 0 amide bonds. The molecule has 0 aliphatic heterocycles. The molecule has 0 saturated carbocycles. The Labute approximate surface area is 143 Å². The van der Waals surface area contributed by atoms with E-state index in [1.54, 1.807) is 0 Å². The third kappa shape index (κ3) is 5.22. The Balaban J connectivity index is 2.57. The van der Waals surface area contributed by atoms with Crippen molar-refractivity contribution in [3.63, 3.8) is 0 Å². The molecule has 1 rings (SSSR count). The van der Waals surface area contributed by atoms with Gasteiger partial charge in [-0.25, -0.2) is 0 Å². The molecular weight excluding hydrogens is 300 g/mol. The van der Waals surface area contributed by atoms with Gasteiger partial charge < -0.3 is 9.53 Å². The summed E-state index contributed by atoms with van der Waals surface area (Å²) in [7, 11) is -1.82. The normalized spacial score (nSPS) is 14.2. The molecule has 0 radical (unpaired) electrons. The fraction of sp³-hybridized carbons (Fsp3) is 0.600. The van der Waals surface area contributed by atoms with Crippen LogP contribution in [0.2, 0.25) is 16.6 Å². The van der Waals surface area contributed by atoms with Gasteiger partial charge in [-0.2, -0.15) is 0 Å². The monoisotopic (exact) mass is 334 g/mol. The molecule has 2 nitrogen and oxygen atoms in total. The standard InChI is InChI=1S/C20H34O2Si/c1-16(2)23(17(3)4,18(5)6)22-15-11-10-14-20(21)19-12-8-7-9-13-19/h7-9,11-13,15-18,20-21H,10,14H2,1-6H3/b15-11+/t20-/m1/s1. The minimum atomic E-state index is -1.82. The van der Waals surface area contributed by atoms with Crippen LogP contribution in [0.25, 0.3) is 0 Å². The maximum atomic E-state index is 10.2. The van der Waals surface area contributed by atoms with E-state index in [0.29, 0.717) is 16.6 Å². The van der Waals surface area contributed by atoms with Gasteiger partial charge in [0, 0.05) is 0 Å². The highest BCUT2D eigenvalue weighted by Gasteiger charge is 2.46. The molecule has 130 valence electrons. The first-order valence-corrected chi connectivity index (χ1v) is 11.0. The zero-order chi connectivity index (χ0) is 17.5. The van der Waals surface area contributed by atoms with Crippen LogP contribution in [0, 0.1) is 0 Å². The molecule has 0 unspecified atom stereocenters. The molecule has 3 heteroatoms. The van der Waals surface area contributed by atoms with Crippen molar-refractivity contribution in [1.82, 2.24) is 0 Å². The third-order valence-corrected chi connectivity index (χ3v) is 10.8. The summed E-state index contributed by atoms with van der Waals surface area (Å²) < 4.78 is 6.38. The first-order valence-electron chi connectivity index (χ1n) is 8.88. The minimum Gasteiger partial charge on any atom is -0.548 e. The molecule has 1 atom stereocenters. The lowest BCUT2D eigenvalue weighted by Gasteiger charge is -2.41. The summed E-state index contributed by atoms with van der Waals surface area (Å²) >= 11 is 0. The molecule has 0 fully saturated rings. The van der Waals surface area contributed by atoms with Crippen LogP contribution in [-0.2, 0) is 4.43 Å². The van der Waals surface area contributed by atoms with Crippen molar-refractivity contribution in [3.05, 3.63) is 48.2 Å². The van der Waals surface area contributed by atoms with Crippen molar-refractivity contribution in [2.24, 2.45) is 0 Å². The van der Waals surface area contributed by atoms with Gasteiger partial charge in [-0.1, -0.05) is 78.0 Å². The van der Waals surface area contributed by atoms with Crippen molar-refractivity contribution in [2.45, 2.75) is 77.1 Å². The number of rotatable bonds is 9. The molecule has 1 N–H and O–H groups in total. The second-order valence-electron chi connectivity index (χ2n) is 7.31. The Morgan fingerprint density at radius 2 is 1.48 bits per heavy atom. The van der Waals surface area contributed by atoms with Gasteiger partial charge in [0.15, 0.2) is 0 Å². The van der Waals surface area contributed by atoms with Gasteiger partial charge in [0.1, 0.15) is 0 Å². The van der Waals surface area contributed by atoms with Crippen molar-refractivity contribution >= 4 is 8.32 Å². The van der Waals surface area contributed by atoms with Gasteiger partial charge in [-0.15, -0.1) is 0 Å². The van der Waals surface area contributed by atoms with E-state index >= 15 is 0 Å². The highest BCUT2D eigenvalue weighted by molar-refractivity contribution is 6.77. The zero-order valence-electron chi connectivity index (χ0n) is 15.6. The summed E-state index contributed by atoms with van der Waals surface area (Å²) in [5.74, 6) is 0. The van der Waals surface area contributed by atoms with E-state index in [4.69, 9.17) is 4.43 Å². The van der Waals surface area contributed by atoms with Crippen LogP contribution in [-0.4, -0.2) is 13.4 Å². The lowest BCUT2D eigenvalue weighted by atomic mass is 10.1. The number of hydrogen-bond donors (Lipinski definition) is 1. The molecule has 0 aliphatic carbocycles. The van der Waals surface area contributed by atoms with Gasteiger partial charge >= 0.3 is 0 Å². The first-order chi connectivity index (χ1) is 10.8. The van der Waals surface area contributed by atoms with Crippen LogP contribution in [0.15, 0.2) is 42.7 Å². The van der Waals surface area contributed by atoms with Crippen LogP contribution in [0.5, 0.6) is 0 Å². The number of benzene rings is 1. The van der Waals surface area contributed by atoms with E-state index in [1.807, 2.05) is 36.6 Å². The molecule has 0 saturated heterocycles. The summed E-state index contributed by atoms with van der Waals surface area (Å²) in [6, 6.07) is 9.84. The van der Waals surface area contributed by atoms with Crippen LogP contribution < -0.4 is 0 Å². The SMILES string of the molecule is CC(C)[Si](O/C=C/CC[C@@H](O)c1ccccc1)(C(C)C)C(C)C. The molecule has 0 bridgehead atoms. The Bertz CT molecular complexity index is 444. The number of allylic oxidation sites excluding steroid dienone is 1. The third-order valence-electron chi connectivity index (χ3n) is 4.87. The van der Waals surface area contributed by atoms with Gasteiger partial charge in [0.05, 0.1) is 12.4 Å². The van der Waals surface area contributed by atoms with Gasteiger partial charge in [0.25, 0.3) is 8.32 Å². The van der Waals surface area contributed by atoms with E-state index < -0.39 is 14.4 Å². The summed E-state index contributed by atoms with van der Waals surface area (Å²) in [5, 5.41) is 10.2. The fourth-order valence-electron chi connectivity index (χ4n) is 3.74. The smallest absolute Gasteiger partial charge is 0.257 e. The van der Waals surface area contributed by atoms with Crippen molar-refractivity contribution < 1.29 is 9.53 Å². The van der Waals surface area contributed by atoms with E-state index in [-0.39, 0.29) is 0 Å². The molecule has 0 aliphatic rings. The van der Waals surface area contributed by atoms with E-state index in [0.717, 1.165) is 18.4 Å². The first kappa shape index (κ1) is 20.0. The Morgan fingerprint density at radius 1 is 0.957 bits per heavy atom. The molecular formula is C20H34O2Si. The lowest BCUT2D eigenvalue weighted by molar-refractivity contribution is 0.168. The maximum absolute atomic E-state index is 10.2. The average molecular weight is 335 g/mol. The topological polar surface area (TPSA) is 29.5 Å². The van der Waals surface area contributed by atoms with Crippen molar-refractivity contribution in [2.75, 3.05) is 0 Å². The summed E-state index contributed by atoms with van der Waals surface area (Å²) in [5.41, 5.74) is 2.74. The molecule has 0 aromatic heterocycles. The summed E-state index contributed by atoms with van der Waals surface area (Å²) in [4.78, 5) is 0. The fourth-order valence-corrected chi connectivity index (χ4v) is 8.89. The van der Waals surface area contributed by atoms with Crippen molar-refractivity contribution in [1.29, 1.82) is 0 Å². The highest BCUT2D eigenvalue weighted by Crippen LogP contribution is 2.42. The predicted molar refractivity (Wildman–Crippen MR) is 102 cm³/mol. The van der Waals surface area contributed by atoms with Gasteiger partial charge in [-0.05, 0) is 35.0 Å². The second kappa shape index (κ2) is 9.29. The number of aliphatic hydroxyl groups excluding tert-OH is 1. The summed E-state index contributed by atoms with van der Waals surface area (Å²) in [6.45, 7) is 13.7. The van der Waals surface area contributed by atoms with E-state index in [9.17, 15) is 5.11 Å². The van der Waals surface area contributed by atoms with Crippen LogP contribution in [0.3, 0.4) is 0 Å². The zero-order valence-corrected chi connectivity index (χ0v) is 16.6. The molecule has 1 aromatic rings. The van der Waals surface area contributed by atoms with E-state index in [1.165, 1.54) is 0 Å².